The van der Waals surface area contributed by atoms with Gasteiger partial charge in [0, 0.05) is 35.5 Å². The zero-order valence-electron chi connectivity index (χ0n) is 19.8. The molecule has 10 heteroatoms. The number of imidazole rings is 1. The Balaban J connectivity index is 1.55. The summed E-state index contributed by atoms with van der Waals surface area (Å²) in [6.45, 7) is 1.30. The number of hydrogen-bond acceptors (Lipinski definition) is 6. The molecule has 1 aliphatic rings. The molecule has 1 aliphatic carbocycles. The number of ether oxygens (including phenoxy) is 1. The normalized spacial score (nSPS) is 14.0. The Morgan fingerprint density at radius 1 is 1.19 bits per heavy atom. The smallest absolute Gasteiger partial charge is 0.291 e. The Bertz CT molecular complexity index is 1480. The van der Waals surface area contributed by atoms with Gasteiger partial charge in [-0.15, -0.1) is 0 Å². The molecule has 1 atom stereocenters. The van der Waals surface area contributed by atoms with E-state index in [9.17, 15) is 18.7 Å². The molecule has 1 fully saturated rings. The lowest BCUT2D eigenvalue weighted by Gasteiger charge is -2.20. The highest BCUT2D eigenvalue weighted by atomic mass is 19.1. The molecule has 8 nitrogen and oxygen atoms in total. The van der Waals surface area contributed by atoms with E-state index in [-0.39, 0.29) is 17.2 Å². The number of methoxy groups -OCH3 is 1. The molecule has 36 heavy (non-hydrogen) atoms. The standard InChI is InChI=1S/C26H25F2N5O3/c1-15-12-32(14-29-15)23-8-6-18(10-25(23)36-2)30-22-11-21(16-3-4-16)31-33(26(22)35)24(13-34)19-7-5-17(27)9-20(19)28/h5-12,14,16,24,30,34H,3-4,13H2,1-2H3/t24-/m0/s1. The maximum Gasteiger partial charge on any atom is 0.291 e. The number of aliphatic hydroxyl groups is 1. The summed E-state index contributed by atoms with van der Waals surface area (Å²) in [4.78, 5) is 17.7. The molecule has 0 radical (unpaired) electrons. The van der Waals surface area contributed by atoms with E-state index in [1.165, 1.54) is 6.07 Å². The zero-order valence-corrected chi connectivity index (χ0v) is 19.8. The monoisotopic (exact) mass is 493 g/mol. The van der Waals surface area contributed by atoms with Crippen LogP contribution in [0, 0.1) is 18.6 Å². The molecule has 0 bridgehead atoms. The van der Waals surface area contributed by atoms with Crippen LogP contribution >= 0.6 is 0 Å². The van der Waals surface area contributed by atoms with Gasteiger partial charge in [-0.05, 0) is 44.0 Å². The summed E-state index contributed by atoms with van der Waals surface area (Å²) < 4.78 is 36.5. The second kappa shape index (κ2) is 9.54. The van der Waals surface area contributed by atoms with Crippen LogP contribution in [0.4, 0.5) is 20.2 Å². The van der Waals surface area contributed by atoms with Gasteiger partial charge in [-0.25, -0.2) is 18.4 Å². The van der Waals surface area contributed by atoms with Crippen molar-refractivity contribution >= 4 is 11.4 Å². The lowest BCUT2D eigenvalue weighted by atomic mass is 10.1. The van der Waals surface area contributed by atoms with Gasteiger partial charge in [0.1, 0.15) is 29.1 Å². The van der Waals surface area contributed by atoms with Crippen LogP contribution in [0.15, 0.2) is 59.8 Å². The molecule has 2 heterocycles. The molecule has 2 aromatic carbocycles. The highest BCUT2D eigenvalue weighted by molar-refractivity contribution is 5.65. The van der Waals surface area contributed by atoms with Gasteiger partial charge in [0.25, 0.3) is 5.56 Å². The van der Waals surface area contributed by atoms with Crippen molar-refractivity contribution in [3.05, 3.63) is 93.9 Å². The fraction of sp³-hybridized carbons (Fsp3) is 0.269. The lowest BCUT2D eigenvalue weighted by Crippen LogP contribution is -2.32. The summed E-state index contributed by atoms with van der Waals surface area (Å²) in [5, 5.41) is 17.7. The first kappa shape index (κ1) is 23.7. The highest BCUT2D eigenvalue weighted by Gasteiger charge is 2.29. The molecule has 1 saturated carbocycles. The quantitative estimate of drug-likeness (QED) is 0.382. The van der Waals surface area contributed by atoms with Gasteiger partial charge in [-0.1, -0.05) is 6.07 Å². The molecule has 186 valence electrons. The molecule has 2 N–H and O–H groups in total. The Kier molecular flexibility index (Phi) is 6.27. The van der Waals surface area contributed by atoms with Gasteiger partial charge in [0.2, 0.25) is 0 Å². The predicted molar refractivity (Wildman–Crippen MR) is 130 cm³/mol. The maximum atomic E-state index is 14.6. The number of anilines is 2. The van der Waals surface area contributed by atoms with Crippen molar-refractivity contribution < 1.29 is 18.6 Å². The maximum absolute atomic E-state index is 14.6. The molecule has 0 saturated heterocycles. The zero-order chi connectivity index (χ0) is 25.4. The number of halogens is 2. The number of benzene rings is 2. The molecular formula is C26H25F2N5O3. The molecule has 4 aromatic rings. The molecule has 0 aliphatic heterocycles. The SMILES string of the molecule is COc1cc(Nc2cc(C3CC3)nn([C@@H](CO)c3ccc(F)cc3F)c2=O)ccc1-n1cnc(C)c1. The minimum atomic E-state index is -1.11. The van der Waals surface area contributed by atoms with Crippen LogP contribution in [0.3, 0.4) is 0 Å². The summed E-state index contributed by atoms with van der Waals surface area (Å²) in [7, 11) is 1.56. The van der Waals surface area contributed by atoms with Crippen LogP contribution in [-0.4, -0.2) is 38.2 Å². The largest absolute Gasteiger partial charge is 0.494 e. The van der Waals surface area contributed by atoms with Gasteiger partial charge >= 0.3 is 0 Å². The molecule has 0 amide bonds. The van der Waals surface area contributed by atoms with Gasteiger partial charge in [-0.2, -0.15) is 5.10 Å². The summed E-state index contributed by atoms with van der Waals surface area (Å²) in [6, 6.07) is 9.01. The van der Waals surface area contributed by atoms with Crippen molar-refractivity contribution in [2.24, 2.45) is 0 Å². The van der Waals surface area contributed by atoms with Crippen molar-refractivity contribution in [1.29, 1.82) is 0 Å². The van der Waals surface area contributed by atoms with E-state index in [0.717, 1.165) is 41.0 Å². The van der Waals surface area contributed by atoms with Crippen LogP contribution < -0.4 is 15.6 Å². The first-order valence-corrected chi connectivity index (χ1v) is 11.5. The van der Waals surface area contributed by atoms with Crippen LogP contribution in [0.5, 0.6) is 5.75 Å². The van der Waals surface area contributed by atoms with Crippen molar-refractivity contribution in [3.63, 3.8) is 0 Å². The number of aryl methyl sites for hydroxylation is 1. The Morgan fingerprint density at radius 2 is 2.00 bits per heavy atom. The second-order valence-corrected chi connectivity index (χ2v) is 8.81. The second-order valence-electron chi connectivity index (χ2n) is 8.81. The minimum Gasteiger partial charge on any atom is -0.494 e. The molecule has 0 spiro atoms. The number of nitrogens with zero attached hydrogens (tertiary/aromatic N) is 4. The van der Waals surface area contributed by atoms with Gasteiger partial charge in [0.15, 0.2) is 0 Å². The lowest BCUT2D eigenvalue weighted by molar-refractivity contribution is 0.233. The molecule has 5 rings (SSSR count). The number of aliphatic hydroxyl groups excluding tert-OH is 1. The minimum absolute atomic E-state index is 0.0194. The van der Waals surface area contributed by atoms with E-state index in [1.807, 2.05) is 23.8 Å². The first-order chi connectivity index (χ1) is 17.4. The van der Waals surface area contributed by atoms with Crippen molar-refractivity contribution in [3.8, 4) is 11.4 Å². The Morgan fingerprint density at radius 3 is 2.64 bits per heavy atom. The third-order valence-corrected chi connectivity index (χ3v) is 6.19. The third kappa shape index (κ3) is 4.59. The third-order valence-electron chi connectivity index (χ3n) is 6.19. The van der Waals surface area contributed by atoms with Crippen LogP contribution in [0.2, 0.25) is 0 Å². The number of aromatic nitrogens is 4. The first-order valence-electron chi connectivity index (χ1n) is 11.5. The highest BCUT2D eigenvalue weighted by Crippen LogP contribution is 2.39. The van der Waals surface area contributed by atoms with E-state index < -0.39 is 29.8 Å². The average Bonchev–Trinajstić information content (AvgIpc) is 3.63. The fourth-order valence-corrected chi connectivity index (χ4v) is 4.17. The van der Waals surface area contributed by atoms with Crippen LogP contribution in [-0.2, 0) is 0 Å². The summed E-state index contributed by atoms with van der Waals surface area (Å²) in [6.07, 6.45) is 5.41. The fourth-order valence-electron chi connectivity index (χ4n) is 4.17. The van der Waals surface area contributed by atoms with E-state index in [4.69, 9.17) is 4.74 Å². The summed E-state index contributed by atoms with van der Waals surface area (Å²) >= 11 is 0. The number of rotatable bonds is 8. The van der Waals surface area contributed by atoms with Gasteiger partial charge in [-0.3, -0.25) is 4.79 Å². The van der Waals surface area contributed by atoms with E-state index in [0.29, 0.717) is 17.1 Å². The van der Waals surface area contributed by atoms with Crippen molar-refractivity contribution in [2.75, 3.05) is 19.0 Å². The number of hydrogen-bond donors (Lipinski definition) is 2. The molecule has 0 unspecified atom stereocenters. The van der Waals surface area contributed by atoms with E-state index >= 15 is 0 Å². The van der Waals surface area contributed by atoms with Crippen molar-refractivity contribution in [2.45, 2.75) is 31.7 Å². The van der Waals surface area contributed by atoms with Gasteiger partial charge < -0.3 is 19.7 Å². The topological polar surface area (TPSA) is 94.2 Å². The Hall–Kier alpha value is -4.05. The summed E-state index contributed by atoms with van der Waals surface area (Å²) in [5.41, 5.74) is 2.56. The van der Waals surface area contributed by atoms with Gasteiger partial charge in [0.05, 0.1) is 37.1 Å². The predicted octanol–water partition coefficient (Wildman–Crippen LogP) is 4.23. The molecular weight excluding hydrogens is 468 g/mol. The van der Waals surface area contributed by atoms with Crippen LogP contribution in [0.1, 0.15) is 41.8 Å². The van der Waals surface area contributed by atoms with Crippen LogP contribution in [0.25, 0.3) is 5.69 Å². The number of nitrogens with one attached hydrogen (secondary N) is 1. The average molecular weight is 494 g/mol. The van der Waals surface area contributed by atoms with Crippen molar-refractivity contribution in [1.82, 2.24) is 19.3 Å². The molecule has 2 aromatic heterocycles. The Labute approximate surface area is 205 Å². The van der Waals surface area contributed by atoms with E-state index in [2.05, 4.69) is 15.4 Å². The summed E-state index contributed by atoms with van der Waals surface area (Å²) in [5.74, 6) is -0.859. The van der Waals surface area contributed by atoms with E-state index in [1.54, 1.807) is 31.6 Å².